The standard InChI is InChI=1S/C12H15ClF3N3S/c1-11(2,3)19(17)10(20)18-9-6-7(12(14,15)16)4-5-8(9)13/h4-6H,17H2,1-3H3,(H,18,20). The van der Waals surface area contributed by atoms with Gasteiger partial charge in [-0.15, -0.1) is 0 Å². The van der Waals surface area contributed by atoms with Gasteiger partial charge < -0.3 is 5.32 Å². The van der Waals surface area contributed by atoms with Crippen LogP contribution in [0.15, 0.2) is 18.2 Å². The van der Waals surface area contributed by atoms with Crippen LogP contribution < -0.4 is 11.2 Å². The molecule has 20 heavy (non-hydrogen) atoms. The summed E-state index contributed by atoms with van der Waals surface area (Å²) in [6, 6.07) is 2.96. The van der Waals surface area contributed by atoms with Gasteiger partial charge >= 0.3 is 6.18 Å². The molecule has 3 N–H and O–H groups in total. The molecule has 0 fully saturated rings. The molecule has 1 aromatic carbocycles. The van der Waals surface area contributed by atoms with Crippen molar-refractivity contribution in [2.75, 3.05) is 5.32 Å². The Labute approximate surface area is 125 Å². The zero-order valence-corrected chi connectivity index (χ0v) is 12.7. The molecule has 0 aliphatic heterocycles. The Morgan fingerprint density at radius 1 is 1.30 bits per heavy atom. The van der Waals surface area contributed by atoms with Gasteiger partial charge in [-0.2, -0.15) is 13.2 Å². The summed E-state index contributed by atoms with van der Waals surface area (Å²) in [5.74, 6) is 5.78. The molecule has 0 amide bonds. The molecule has 0 aromatic heterocycles. The molecule has 0 atom stereocenters. The highest BCUT2D eigenvalue weighted by atomic mass is 35.5. The van der Waals surface area contributed by atoms with Crippen LogP contribution in [-0.2, 0) is 6.18 Å². The SMILES string of the molecule is CC(C)(C)N(N)C(=S)Nc1cc(C(F)(F)F)ccc1Cl. The highest BCUT2D eigenvalue weighted by molar-refractivity contribution is 7.80. The van der Waals surface area contributed by atoms with Gasteiger partial charge in [-0.05, 0) is 51.2 Å². The van der Waals surface area contributed by atoms with E-state index in [1.54, 1.807) is 0 Å². The van der Waals surface area contributed by atoms with Crippen molar-refractivity contribution in [1.29, 1.82) is 0 Å². The molecule has 0 aliphatic rings. The van der Waals surface area contributed by atoms with Gasteiger partial charge in [0.05, 0.1) is 16.3 Å². The van der Waals surface area contributed by atoms with Crippen LogP contribution in [0.1, 0.15) is 26.3 Å². The minimum atomic E-state index is -4.45. The lowest BCUT2D eigenvalue weighted by molar-refractivity contribution is -0.137. The predicted molar refractivity (Wildman–Crippen MR) is 78.5 cm³/mol. The first-order chi connectivity index (χ1) is 8.93. The zero-order valence-electron chi connectivity index (χ0n) is 11.2. The molecule has 112 valence electrons. The van der Waals surface area contributed by atoms with Crippen LogP contribution in [0.25, 0.3) is 0 Å². The van der Waals surface area contributed by atoms with Gasteiger partial charge in [0.25, 0.3) is 0 Å². The number of rotatable bonds is 1. The van der Waals surface area contributed by atoms with Crippen LogP contribution >= 0.6 is 23.8 Å². The average Bonchev–Trinajstić information content (AvgIpc) is 2.28. The molecule has 0 spiro atoms. The highest BCUT2D eigenvalue weighted by Gasteiger charge is 2.31. The number of anilines is 1. The lowest BCUT2D eigenvalue weighted by Crippen LogP contribution is -2.52. The predicted octanol–water partition coefficient (Wildman–Crippen LogP) is 4.03. The maximum atomic E-state index is 12.6. The number of halogens is 4. The summed E-state index contributed by atoms with van der Waals surface area (Å²) in [7, 11) is 0. The molecule has 0 saturated carbocycles. The minimum absolute atomic E-state index is 0.0613. The Morgan fingerprint density at radius 3 is 2.30 bits per heavy atom. The van der Waals surface area contributed by atoms with E-state index in [0.717, 1.165) is 18.2 Å². The quantitative estimate of drug-likeness (QED) is 0.465. The highest BCUT2D eigenvalue weighted by Crippen LogP contribution is 2.34. The van der Waals surface area contributed by atoms with Crippen molar-refractivity contribution < 1.29 is 13.2 Å². The smallest absolute Gasteiger partial charge is 0.330 e. The number of hydrogen-bond donors (Lipinski definition) is 2. The molecule has 3 nitrogen and oxygen atoms in total. The van der Waals surface area contributed by atoms with E-state index in [2.05, 4.69) is 5.32 Å². The van der Waals surface area contributed by atoms with Crippen LogP contribution in [0.3, 0.4) is 0 Å². The molecule has 0 aliphatic carbocycles. The van der Waals surface area contributed by atoms with Crippen molar-refractivity contribution in [2.45, 2.75) is 32.5 Å². The van der Waals surface area contributed by atoms with Crippen molar-refractivity contribution in [3.8, 4) is 0 Å². The fourth-order valence-corrected chi connectivity index (χ4v) is 1.83. The largest absolute Gasteiger partial charge is 0.416 e. The number of alkyl halides is 3. The number of nitrogens with one attached hydrogen (secondary N) is 1. The number of thiocarbonyl (C=S) groups is 1. The molecule has 0 unspecified atom stereocenters. The van der Waals surface area contributed by atoms with Crippen molar-refractivity contribution in [1.82, 2.24) is 5.01 Å². The van der Waals surface area contributed by atoms with Gasteiger partial charge in [0.2, 0.25) is 0 Å². The van der Waals surface area contributed by atoms with Crippen LogP contribution in [0.2, 0.25) is 5.02 Å². The third kappa shape index (κ3) is 4.22. The second-order valence-corrected chi connectivity index (χ2v) is 5.96. The molecule has 1 aromatic rings. The fraction of sp³-hybridized carbons (Fsp3) is 0.417. The third-order valence-corrected chi connectivity index (χ3v) is 3.11. The third-order valence-electron chi connectivity index (χ3n) is 2.48. The van der Waals surface area contributed by atoms with Gasteiger partial charge in [0.1, 0.15) is 0 Å². The Kier molecular flexibility index (Phi) is 4.89. The maximum Gasteiger partial charge on any atom is 0.416 e. The van der Waals surface area contributed by atoms with Gasteiger partial charge in [0, 0.05) is 5.54 Å². The second-order valence-electron chi connectivity index (χ2n) is 5.16. The summed E-state index contributed by atoms with van der Waals surface area (Å²) in [5, 5.41) is 4.09. The van der Waals surface area contributed by atoms with E-state index in [4.69, 9.17) is 29.7 Å². The number of nitrogens with zero attached hydrogens (tertiary/aromatic N) is 1. The van der Waals surface area contributed by atoms with Gasteiger partial charge in [0.15, 0.2) is 5.11 Å². The number of hydrogen-bond acceptors (Lipinski definition) is 2. The minimum Gasteiger partial charge on any atom is -0.330 e. The number of nitrogens with two attached hydrogens (primary N) is 1. The summed E-state index contributed by atoms with van der Waals surface area (Å²) < 4.78 is 37.9. The molecule has 0 bridgehead atoms. The van der Waals surface area contributed by atoms with E-state index in [1.165, 1.54) is 5.01 Å². The molecule has 0 radical (unpaired) electrons. The zero-order chi connectivity index (χ0) is 15.7. The first kappa shape index (κ1) is 17.0. The molecule has 1 rings (SSSR count). The molecular weight excluding hydrogens is 311 g/mol. The van der Waals surface area contributed by atoms with Crippen LogP contribution in [-0.4, -0.2) is 15.7 Å². The van der Waals surface area contributed by atoms with Crippen molar-refractivity contribution in [3.63, 3.8) is 0 Å². The Morgan fingerprint density at radius 2 is 1.85 bits per heavy atom. The Balaban J connectivity index is 3.01. The first-order valence-corrected chi connectivity index (χ1v) is 6.44. The summed E-state index contributed by atoms with van der Waals surface area (Å²) in [6.07, 6.45) is -4.45. The van der Waals surface area contributed by atoms with E-state index >= 15 is 0 Å². The molecule has 8 heteroatoms. The molecule has 0 heterocycles. The topological polar surface area (TPSA) is 41.3 Å². The first-order valence-electron chi connectivity index (χ1n) is 5.65. The summed E-state index contributed by atoms with van der Waals surface area (Å²) in [4.78, 5) is 0. The maximum absolute atomic E-state index is 12.6. The van der Waals surface area contributed by atoms with Crippen molar-refractivity contribution in [2.24, 2.45) is 5.84 Å². The van der Waals surface area contributed by atoms with Gasteiger partial charge in [-0.25, -0.2) is 5.84 Å². The van der Waals surface area contributed by atoms with Gasteiger partial charge in [-0.3, -0.25) is 5.01 Å². The van der Waals surface area contributed by atoms with E-state index in [0.29, 0.717) is 0 Å². The monoisotopic (exact) mass is 325 g/mol. The van der Waals surface area contributed by atoms with Crippen LogP contribution in [0.4, 0.5) is 18.9 Å². The van der Waals surface area contributed by atoms with E-state index in [1.807, 2.05) is 20.8 Å². The normalized spacial score (nSPS) is 12.2. The van der Waals surface area contributed by atoms with Crippen LogP contribution in [0.5, 0.6) is 0 Å². The van der Waals surface area contributed by atoms with E-state index in [9.17, 15) is 13.2 Å². The summed E-state index contributed by atoms with van der Waals surface area (Å²) in [5.41, 5.74) is -1.23. The van der Waals surface area contributed by atoms with Crippen molar-refractivity contribution in [3.05, 3.63) is 28.8 Å². The average molecular weight is 326 g/mol. The number of benzene rings is 1. The van der Waals surface area contributed by atoms with E-state index < -0.39 is 17.3 Å². The second kappa shape index (κ2) is 5.75. The van der Waals surface area contributed by atoms with Gasteiger partial charge in [-0.1, -0.05) is 11.6 Å². The summed E-state index contributed by atoms with van der Waals surface area (Å²) in [6.45, 7) is 5.44. The molecular formula is C12H15ClF3N3S. The van der Waals surface area contributed by atoms with E-state index in [-0.39, 0.29) is 15.8 Å². The summed E-state index contributed by atoms with van der Waals surface area (Å²) >= 11 is 10.9. The lowest BCUT2D eigenvalue weighted by Gasteiger charge is -2.33. The number of hydrazine groups is 1. The fourth-order valence-electron chi connectivity index (χ4n) is 1.28. The Hall–Kier alpha value is -1.05. The van der Waals surface area contributed by atoms with Crippen molar-refractivity contribution >= 4 is 34.6 Å². The Bertz CT molecular complexity index is 512. The molecule has 0 saturated heterocycles. The lowest BCUT2D eigenvalue weighted by atomic mass is 10.1. The van der Waals surface area contributed by atoms with Crippen LogP contribution in [0, 0.1) is 0 Å².